The summed E-state index contributed by atoms with van der Waals surface area (Å²) in [4.78, 5) is 35.1. The Morgan fingerprint density at radius 2 is 2.04 bits per heavy atom. The van der Waals surface area contributed by atoms with Gasteiger partial charge < -0.3 is 19.4 Å². The molecular formula is C17H16N2O5. The standard InChI is InChI=1S/C17H16N2O5/c1-3-8-18-15(20)11-24-16(21)10-19-9-13(17(22)23-2)12-6-4-5-7-14(12)19/h1,4-7,9H,8,10-11H2,2H3,(H,18,20). The lowest BCUT2D eigenvalue weighted by molar-refractivity contribution is -0.149. The van der Waals surface area contributed by atoms with Crippen LogP contribution in [0.5, 0.6) is 0 Å². The van der Waals surface area contributed by atoms with Crippen LogP contribution in [-0.2, 0) is 25.6 Å². The zero-order valence-electron chi connectivity index (χ0n) is 13.1. The van der Waals surface area contributed by atoms with Crippen molar-refractivity contribution in [3.05, 3.63) is 36.0 Å². The summed E-state index contributed by atoms with van der Waals surface area (Å²) in [6.07, 6.45) is 6.54. The number of amides is 1. The minimum Gasteiger partial charge on any atom is -0.465 e. The summed E-state index contributed by atoms with van der Waals surface area (Å²) in [5.41, 5.74) is 1.04. The number of methoxy groups -OCH3 is 1. The van der Waals surface area contributed by atoms with E-state index in [1.54, 1.807) is 28.8 Å². The van der Waals surface area contributed by atoms with Crippen LogP contribution in [0.2, 0.25) is 0 Å². The van der Waals surface area contributed by atoms with E-state index < -0.39 is 24.5 Å². The summed E-state index contributed by atoms with van der Waals surface area (Å²) in [5.74, 6) is 0.665. The topological polar surface area (TPSA) is 86.6 Å². The maximum Gasteiger partial charge on any atom is 0.340 e. The Hall–Kier alpha value is -3.27. The van der Waals surface area contributed by atoms with Gasteiger partial charge in [0.25, 0.3) is 5.91 Å². The van der Waals surface area contributed by atoms with Gasteiger partial charge in [-0.25, -0.2) is 4.79 Å². The number of nitrogens with zero attached hydrogens (tertiary/aromatic N) is 1. The third-order valence-electron chi connectivity index (χ3n) is 3.25. The SMILES string of the molecule is C#CCNC(=O)COC(=O)Cn1cc(C(=O)OC)c2ccccc21. The number of rotatable bonds is 6. The summed E-state index contributed by atoms with van der Waals surface area (Å²) in [6, 6.07) is 7.11. The molecule has 0 aliphatic rings. The van der Waals surface area contributed by atoms with Gasteiger partial charge in [0.2, 0.25) is 0 Å². The van der Waals surface area contributed by atoms with Crippen molar-refractivity contribution in [1.29, 1.82) is 0 Å². The molecule has 0 unspecified atom stereocenters. The van der Waals surface area contributed by atoms with E-state index in [9.17, 15) is 14.4 Å². The van der Waals surface area contributed by atoms with Crippen molar-refractivity contribution in [2.75, 3.05) is 20.3 Å². The molecule has 1 aromatic heterocycles. The first-order valence-corrected chi connectivity index (χ1v) is 7.08. The Morgan fingerprint density at radius 3 is 2.75 bits per heavy atom. The highest BCUT2D eigenvalue weighted by atomic mass is 16.5. The molecule has 0 bridgehead atoms. The Labute approximate surface area is 138 Å². The molecule has 7 nitrogen and oxygen atoms in total. The molecule has 1 N–H and O–H groups in total. The zero-order valence-corrected chi connectivity index (χ0v) is 13.1. The smallest absolute Gasteiger partial charge is 0.340 e. The molecule has 0 spiro atoms. The number of benzene rings is 1. The Bertz CT molecular complexity index is 816. The van der Waals surface area contributed by atoms with Crippen LogP contribution < -0.4 is 5.32 Å². The van der Waals surface area contributed by atoms with Crippen molar-refractivity contribution in [2.24, 2.45) is 0 Å². The fourth-order valence-electron chi connectivity index (χ4n) is 2.18. The van der Waals surface area contributed by atoms with Gasteiger partial charge in [0.05, 0.1) is 19.2 Å². The number of nitrogens with one attached hydrogen (secondary N) is 1. The van der Waals surface area contributed by atoms with Gasteiger partial charge >= 0.3 is 11.9 Å². The molecule has 0 aliphatic carbocycles. The minimum atomic E-state index is -0.608. The van der Waals surface area contributed by atoms with Crippen molar-refractivity contribution in [3.63, 3.8) is 0 Å². The van der Waals surface area contributed by atoms with Crippen LogP contribution in [0.15, 0.2) is 30.5 Å². The molecule has 7 heteroatoms. The van der Waals surface area contributed by atoms with Crippen molar-refractivity contribution in [1.82, 2.24) is 9.88 Å². The second-order valence-corrected chi connectivity index (χ2v) is 4.82. The third-order valence-corrected chi connectivity index (χ3v) is 3.25. The summed E-state index contributed by atoms with van der Waals surface area (Å²) in [5, 5.41) is 3.06. The Morgan fingerprint density at radius 1 is 1.29 bits per heavy atom. The quantitative estimate of drug-likeness (QED) is 0.624. The van der Waals surface area contributed by atoms with Gasteiger partial charge in [-0.1, -0.05) is 24.1 Å². The summed E-state index contributed by atoms with van der Waals surface area (Å²) in [7, 11) is 1.29. The molecule has 0 aliphatic heterocycles. The van der Waals surface area contributed by atoms with Gasteiger partial charge in [-0.2, -0.15) is 0 Å². The summed E-state index contributed by atoms with van der Waals surface area (Å²) >= 11 is 0. The van der Waals surface area contributed by atoms with Crippen LogP contribution in [0, 0.1) is 12.3 Å². The van der Waals surface area contributed by atoms with Gasteiger partial charge in [-0.15, -0.1) is 6.42 Å². The lowest BCUT2D eigenvalue weighted by Gasteiger charge is -2.06. The average molecular weight is 328 g/mol. The highest BCUT2D eigenvalue weighted by molar-refractivity contribution is 6.04. The number of esters is 2. The number of carbonyl (C=O) groups excluding carboxylic acids is 3. The number of carbonyl (C=O) groups is 3. The largest absolute Gasteiger partial charge is 0.465 e. The van der Waals surface area contributed by atoms with Gasteiger partial charge in [0.15, 0.2) is 6.61 Å². The van der Waals surface area contributed by atoms with E-state index in [1.807, 2.05) is 0 Å². The van der Waals surface area contributed by atoms with E-state index in [4.69, 9.17) is 15.9 Å². The van der Waals surface area contributed by atoms with Gasteiger partial charge in [-0.05, 0) is 6.07 Å². The third kappa shape index (κ3) is 3.93. The molecular weight excluding hydrogens is 312 g/mol. The molecule has 0 saturated carbocycles. The number of aromatic nitrogens is 1. The van der Waals surface area contributed by atoms with E-state index in [2.05, 4.69) is 11.2 Å². The van der Waals surface area contributed by atoms with Crippen LogP contribution in [0.25, 0.3) is 10.9 Å². The first-order chi connectivity index (χ1) is 11.6. The number of terminal acetylenes is 1. The van der Waals surface area contributed by atoms with E-state index in [1.165, 1.54) is 13.3 Å². The normalized spacial score (nSPS) is 10.0. The first-order valence-electron chi connectivity index (χ1n) is 7.08. The van der Waals surface area contributed by atoms with Crippen molar-refractivity contribution in [2.45, 2.75) is 6.54 Å². The van der Waals surface area contributed by atoms with Crippen LogP contribution in [0.3, 0.4) is 0 Å². The van der Waals surface area contributed by atoms with Gasteiger partial charge in [0.1, 0.15) is 6.54 Å². The summed E-state index contributed by atoms with van der Waals surface area (Å²) < 4.78 is 11.2. The van der Waals surface area contributed by atoms with Crippen molar-refractivity contribution in [3.8, 4) is 12.3 Å². The Balaban J connectivity index is 2.10. The minimum absolute atomic E-state index is 0.0705. The number of fused-ring (bicyclic) bond motifs is 1. The predicted octanol–water partition coefficient (Wildman–Crippen LogP) is 0.720. The number of ether oxygens (including phenoxy) is 2. The maximum atomic E-state index is 11.9. The maximum absolute atomic E-state index is 11.9. The molecule has 0 fully saturated rings. The number of hydrogen-bond donors (Lipinski definition) is 1. The first kappa shape index (κ1) is 17.1. The molecule has 24 heavy (non-hydrogen) atoms. The molecule has 1 heterocycles. The summed E-state index contributed by atoms with van der Waals surface area (Å²) in [6.45, 7) is -0.482. The highest BCUT2D eigenvalue weighted by Gasteiger charge is 2.17. The Kier molecular flexibility index (Phi) is 5.58. The fraction of sp³-hybridized carbons (Fsp3) is 0.235. The average Bonchev–Trinajstić information content (AvgIpc) is 2.96. The van der Waals surface area contributed by atoms with Crippen molar-refractivity contribution >= 4 is 28.7 Å². The van der Waals surface area contributed by atoms with E-state index >= 15 is 0 Å². The zero-order chi connectivity index (χ0) is 17.5. The van der Waals surface area contributed by atoms with Crippen LogP contribution in [0.1, 0.15) is 10.4 Å². The second kappa shape index (κ2) is 7.83. The fourth-order valence-corrected chi connectivity index (χ4v) is 2.18. The van der Waals surface area contributed by atoms with Crippen LogP contribution in [-0.4, -0.2) is 42.7 Å². The van der Waals surface area contributed by atoms with Crippen LogP contribution in [0.4, 0.5) is 0 Å². The molecule has 124 valence electrons. The monoisotopic (exact) mass is 328 g/mol. The van der Waals surface area contributed by atoms with Crippen molar-refractivity contribution < 1.29 is 23.9 Å². The van der Waals surface area contributed by atoms with Gasteiger partial charge in [-0.3, -0.25) is 9.59 Å². The lowest BCUT2D eigenvalue weighted by Crippen LogP contribution is -2.29. The lowest BCUT2D eigenvalue weighted by atomic mass is 10.2. The molecule has 2 aromatic rings. The number of hydrogen-bond acceptors (Lipinski definition) is 5. The van der Waals surface area contributed by atoms with Gasteiger partial charge in [0, 0.05) is 17.1 Å². The molecule has 0 atom stereocenters. The molecule has 0 saturated heterocycles. The molecule has 1 aromatic carbocycles. The van der Waals surface area contributed by atoms with E-state index in [0.29, 0.717) is 16.5 Å². The van der Waals surface area contributed by atoms with E-state index in [-0.39, 0.29) is 13.1 Å². The van der Waals surface area contributed by atoms with Crippen LogP contribution >= 0.6 is 0 Å². The predicted molar refractivity (Wildman–Crippen MR) is 86.1 cm³/mol. The molecule has 0 radical (unpaired) electrons. The number of para-hydroxylation sites is 1. The van der Waals surface area contributed by atoms with E-state index in [0.717, 1.165) is 0 Å². The highest BCUT2D eigenvalue weighted by Crippen LogP contribution is 2.22. The molecule has 2 rings (SSSR count). The molecule has 1 amide bonds. The second-order valence-electron chi connectivity index (χ2n) is 4.82.